The zero-order valence-corrected chi connectivity index (χ0v) is 16.6. The molecule has 0 radical (unpaired) electrons. The molecule has 1 aliphatic rings. The molecule has 0 unspecified atom stereocenters. The number of fused-ring (bicyclic) bond motifs is 1. The number of nitrogens with zero attached hydrogens (tertiary/aromatic N) is 2. The van der Waals surface area contributed by atoms with Gasteiger partial charge in [0.25, 0.3) is 0 Å². The Morgan fingerprint density at radius 1 is 1.15 bits per heavy atom. The molecule has 2 heterocycles. The van der Waals surface area contributed by atoms with Gasteiger partial charge in [-0.15, -0.1) is 23.1 Å². The SMILES string of the molecule is O=C(CCSc1ccccc1F)N1CCC(c2nc3ccccc3s2)CC1. The van der Waals surface area contributed by atoms with Crippen LogP contribution >= 0.6 is 23.1 Å². The van der Waals surface area contributed by atoms with Crippen LogP contribution in [-0.4, -0.2) is 34.6 Å². The second-order valence-corrected chi connectivity index (χ2v) is 8.90. The minimum Gasteiger partial charge on any atom is -0.343 e. The van der Waals surface area contributed by atoms with Crippen LogP contribution in [-0.2, 0) is 4.79 Å². The van der Waals surface area contributed by atoms with E-state index >= 15 is 0 Å². The molecule has 1 aromatic heterocycles. The Kier molecular flexibility index (Phi) is 5.74. The molecular formula is C21H21FN2OS2. The summed E-state index contributed by atoms with van der Waals surface area (Å²) >= 11 is 3.18. The van der Waals surface area contributed by atoms with Crippen LogP contribution in [0.1, 0.15) is 30.2 Å². The lowest BCUT2D eigenvalue weighted by molar-refractivity contribution is -0.131. The smallest absolute Gasteiger partial charge is 0.223 e. The Balaban J connectivity index is 1.27. The maximum absolute atomic E-state index is 13.6. The highest BCUT2D eigenvalue weighted by Crippen LogP contribution is 2.34. The van der Waals surface area contributed by atoms with Crippen molar-refractivity contribution in [2.45, 2.75) is 30.1 Å². The number of hydrogen-bond donors (Lipinski definition) is 0. The number of carbonyl (C=O) groups is 1. The molecule has 0 bridgehead atoms. The Hall–Kier alpha value is -1.92. The standard InChI is InChI=1S/C21H21FN2OS2/c22-16-5-1-3-7-18(16)26-14-11-20(25)24-12-9-15(10-13-24)21-23-17-6-2-4-8-19(17)27-21/h1-8,15H,9-14H2. The molecule has 27 heavy (non-hydrogen) atoms. The summed E-state index contributed by atoms with van der Waals surface area (Å²) in [7, 11) is 0. The highest BCUT2D eigenvalue weighted by molar-refractivity contribution is 7.99. The van der Waals surface area contributed by atoms with Gasteiger partial charge in [-0.1, -0.05) is 24.3 Å². The van der Waals surface area contributed by atoms with Crippen LogP contribution in [0.3, 0.4) is 0 Å². The lowest BCUT2D eigenvalue weighted by Crippen LogP contribution is -2.38. The molecular weight excluding hydrogens is 379 g/mol. The van der Waals surface area contributed by atoms with E-state index < -0.39 is 0 Å². The van der Waals surface area contributed by atoms with Crippen LogP contribution in [0.25, 0.3) is 10.2 Å². The molecule has 0 N–H and O–H groups in total. The molecule has 1 saturated heterocycles. The third-order valence-electron chi connectivity index (χ3n) is 4.92. The number of thiazole rings is 1. The van der Waals surface area contributed by atoms with E-state index in [1.54, 1.807) is 23.5 Å². The number of thioether (sulfide) groups is 1. The van der Waals surface area contributed by atoms with Crippen LogP contribution in [0.4, 0.5) is 4.39 Å². The van der Waals surface area contributed by atoms with Crippen molar-refractivity contribution in [3.8, 4) is 0 Å². The zero-order chi connectivity index (χ0) is 18.6. The Morgan fingerprint density at radius 2 is 1.89 bits per heavy atom. The number of hydrogen-bond acceptors (Lipinski definition) is 4. The molecule has 0 saturated carbocycles. The van der Waals surface area contributed by atoms with Crippen molar-refractivity contribution in [2.75, 3.05) is 18.8 Å². The van der Waals surface area contributed by atoms with E-state index in [-0.39, 0.29) is 11.7 Å². The Labute approximate surface area is 166 Å². The van der Waals surface area contributed by atoms with Gasteiger partial charge in [0.05, 0.1) is 15.2 Å². The molecule has 3 aromatic rings. The average Bonchev–Trinajstić information content (AvgIpc) is 3.14. The number of amides is 1. The van der Waals surface area contributed by atoms with Crippen molar-refractivity contribution in [3.05, 3.63) is 59.4 Å². The highest BCUT2D eigenvalue weighted by atomic mass is 32.2. The lowest BCUT2D eigenvalue weighted by Gasteiger charge is -2.31. The summed E-state index contributed by atoms with van der Waals surface area (Å²) in [4.78, 5) is 19.8. The van der Waals surface area contributed by atoms with Crippen molar-refractivity contribution in [2.24, 2.45) is 0 Å². The van der Waals surface area contributed by atoms with E-state index in [0.29, 0.717) is 23.0 Å². The number of carbonyl (C=O) groups excluding carboxylic acids is 1. The maximum atomic E-state index is 13.6. The van der Waals surface area contributed by atoms with Gasteiger partial charge in [0.1, 0.15) is 5.82 Å². The molecule has 4 rings (SSSR count). The third kappa shape index (κ3) is 4.33. The van der Waals surface area contributed by atoms with Gasteiger partial charge in [-0.05, 0) is 37.1 Å². The Morgan fingerprint density at radius 3 is 2.67 bits per heavy atom. The summed E-state index contributed by atoms with van der Waals surface area (Å²) in [5.41, 5.74) is 1.07. The predicted octanol–water partition coefficient (Wildman–Crippen LogP) is 5.32. The minimum atomic E-state index is -0.216. The number of piperidine rings is 1. The number of halogens is 1. The molecule has 0 atom stereocenters. The van der Waals surface area contributed by atoms with Crippen molar-refractivity contribution in [1.82, 2.24) is 9.88 Å². The average molecular weight is 401 g/mol. The van der Waals surface area contributed by atoms with Crippen molar-refractivity contribution >= 4 is 39.2 Å². The van der Waals surface area contributed by atoms with Crippen LogP contribution < -0.4 is 0 Å². The topological polar surface area (TPSA) is 33.2 Å². The van der Waals surface area contributed by atoms with Crippen molar-refractivity contribution in [3.63, 3.8) is 0 Å². The van der Waals surface area contributed by atoms with Gasteiger partial charge in [0.15, 0.2) is 0 Å². The van der Waals surface area contributed by atoms with E-state index in [0.717, 1.165) is 31.4 Å². The third-order valence-corrected chi connectivity index (χ3v) is 7.17. The number of rotatable bonds is 5. The molecule has 2 aromatic carbocycles. The summed E-state index contributed by atoms with van der Waals surface area (Å²) in [6.07, 6.45) is 2.38. The number of likely N-dealkylation sites (tertiary alicyclic amines) is 1. The largest absolute Gasteiger partial charge is 0.343 e. The fourth-order valence-electron chi connectivity index (χ4n) is 3.41. The maximum Gasteiger partial charge on any atom is 0.223 e. The molecule has 6 heteroatoms. The van der Waals surface area contributed by atoms with Crippen LogP contribution in [0, 0.1) is 5.82 Å². The van der Waals surface area contributed by atoms with Crippen LogP contribution in [0.2, 0.25) is 0 Å². The van der Waals surface area contributed by atoms with Crippen LogP contribution in [0.15, 0.2) is 53.4 Å². The van der Waals surface area contributed by atoms with Crippen LogP contribution in [0.5, 0.6) is 0 Å². The molecule has 1 fully saturated rings. The van der Waals surface area contributed by atoms with Gasteiger partial charge < -0.3 is 4.90 Å². The van der Waals surface area contributed by atoms with Gasteiger partial charge in [-0.2, -0.15) is 0 Å². The van der Waals surface area contributed by atoms with E-state index in [2.05, 4.69) is 12.1 Å². The fourth-order valence-corrected chi connectivity index (χ4v) is 5.42. The molecule has 0 spiro atoms. The monoisotopic (exact) mass is 400 g/mol. The van der Waals surface area contributed by atoms with E-state index in [4.69, 9.17) is 4.98 Å². The minimum absolute atomic E-state index is 0.168. The van der Waals surface area contributed by atoms with Gasteiger partial charge >= 0.3 is 0 Å². The number of benzene rings is 2. The summed E-state index contributed by atoms with van der Waals surface area (Å²) < 4.78 is 14.9. The lowest BCUT2D eigenvalue weighted by atomic mass is 9.97. The summed E-state index contributed by atoms with van der Waals surface area (Å²) in [5, 5.41) is 1.19. The van der Waals surface area contributed by atoms with E-state index in [1.807, 2.05) is 23.1 Å². The second-order valence-electron chi connectivity index (χ2n) is 6.70. The van der Waals surface area contributed by atoms with Gasteiger partial charge in [-0.25, -0.2) is 9.37 Å². The first-order chi connectivity index (χ1) is 13.2. The molecule has 3 nitrogen and oxygen atoms in total. The summed E-state index contributed by atoms with van der Waals surface area (Å²) in [6, 6.07) is 15.0. The molecule has 1 aliphatic heterocycles. The molecule has 0 aliphatic carbocycles. The molecule has 140 valence electrons. The van der Waals surface area contributed by atoms with Gasteiger partial charge in [0.2, 0.25) is 5.91 Å². The summed E-state index contributed by atoms with van der Waals surface area (Å²) in [5.74, 6) is 1.00. The summed E-state index contributed by atoms with van der Waals surface area (Å²) in [6.45, 7) is 1.56. The van der Waals surface area contributed by atoms with Crippen molar-refractivity contribution < 1.29 is 9.18 Å². The zero-order valence-electron chi connectivity index (χ0n) is 14.9. The first-order valence-corrected chi connectivity index (χ1v) is 11.0. The number of para-hydroxylation sites is 1. The number of aromatic nitrogens is 1. The van der Waals surface area contributed by atoms with Gasteiger partial charge in [0, 0.05) is 36.1 Å². The van der Waals surface area contributed by atoms with Gasteiger partial charge in [-0.3, -0.25) is 4.79 Å². The fraction of sp³-hybridized carbons (Fsp3) is 0.333. The van der Waals surface area contributed by atoms with E-state index in [9.17, 15) is 9.18 Å². The predicted molar refractivity (Wildman–Crippen MR) is 110 cm³/mol. The Bertz CT molecular complexity index is 902. The second kappa shape index (κ2) is 8.40. The normalized spacial score (nSPS) is 15.4. The first kappa shape index (κ1) is 18.4. The first-order valence-electron chi connectivity index (χ1n) is 9.21. The van der Waals surface area contributed by atoms with E-state index in [1.165, 1.54) is 27.5 Å². The molecule has 1 amide bonds. The highest BCUT2D eigenvalue weighted by Gasteiger charge is 2.25. The van der Waals surface area contributed by atoms with Crippen molar-refractivity contribution in [1.29, 1.82) is 0 Å². The quantitative estimate of drug-likeness (QED) is 0.543.